The first-order valence-electron chi connectivity index (χ1n) is 7.48. The van der Waals surface area contributed by atoms with Crippen LogP contribution in [0.2, 0.25) is 0 Å². The molecule has 102 valence electrons. The molecule has 1 heterocycles. The molecular weight excluding hydrogens is 222 g/mol. The fourth-order valence-corrected chi connectivity index (χ4v) is 2.99. The van der Waals surface area contributed by atoms with Crippen molar-refractivity contribution < 1.29 is 0 Å². The van der Waals surface area contributed by atoms with Crippen molar-refractivity contribution in [1.82, 2.24) is 9.78 Å². The average molecular weight is 249 g/mol. The van der Waals surface area contributed by atoms with E-state index < -0.39 is 0 Å². The fraction of sp³-hybridized carbons (Fsp3) is 0.800. The summed E-state index contributed by atoms with van der Waals surface area (Å²) in [5.41, 5.74) is 1.19. The maximum atomic E-state index is 4.32. The smallest absolute Gasteiger partial charge is 0.0728 e. The predicted molar refractivity (Wildman–Crippen MR) is 76.7 cm³/mol. The molecule has 0 spiro atoms. The van der Waals surface area contributed by atoms with Crippen molar-refractivity contribution in [3.8, 4) is 0 Å². The second-order valence-electron chi connectivity index (χ2n) is 5.94. The molecule has 1 N–H and O–H groups in total. The molecule has 1 aromatic rings. The summed E-state index contributed by atoms with van der Waals surface area (Å²) in [6, 6.07) is 0.642. The fourth-order valence-electron chi connectivity index (χ4n) is 2.99. The number of aryl methyl sites for hydroxylation is 1. The standard InChI is InChI=1S/C15H27N3/c1-4-18-11-15(10-16-18)17-14-7-5-6-13(8-9-14)12(2)3/h10-14,17H,4-9H2,1-3H3. The van der Waals surface area contributed by atoms with Crippen LogP contribution in [0.1, 0.15) is 52.9 Å². The van der Waals surface area contributed by atoms with Gasteiger partial charge < -0.3 is 5.32 Å². The molecule has 1 aliphatic carbocycles. The van der Waals surface area contributed by atoms with E-state index in [4.69, 9.17) is 0 Å². The van der Waals surface area contributed by atoms with Crippen molar-refractivity contribution in [2.45, 2.75) is 65.5 Å². The lowest BCUT2D eigenvalue weighted by Crippen LogP contribution is -2.18. The summed E-state index contributed by atoms with van der Waals surface area (Å²) >= 11 is 0. The van der Waals surface area contributed by atoms with E-state index in [-0.39, 0.29) is 0 Å². The van der Waals surface area contributed by atoms with E-state index in [1.807, 2.05) is 10.9 Å². The number of nitrogens with zero attached hydrogens (tertiary/aromatic N) is 2. The summed E-state index contributed by atoms with van der Waals surface area (Å²) in [7, 11) is 0. The Balaban J connectivity index is 1.86. The van der Waals surface area contributed by atoms with Gasteiger partial charge in [0.05, 0.1) is 11.9 Å². The van der Waals surface area contributed by atoms with E-state index >= 15 is 0 Å². The van der Waals surface area contributed by atoms with Gasteiger partial charge in [0.15, 0.2) is 0 Å². The van der Waals surface area contributed by atoms with Gasteiger partial charge in [-0.3, -0.25) is 4.68 Å². The lowest BCUT2D eigenvalue weighted by Gasteiger charge is -2.19. The predicted octanol–water partition coefficient (Wildman–Crippen LogP) is 3.92. The van der Waals surface area contributed by atoms with Crippen molar-refractivity contribution in [3.05, 3.63) is 12.4 Å². The van der Waals surface area contributed by atoms with Crippen molar-refractivity contribution in [1.29, 1.82) is 0 Å². The van der Waals surface area contributed by atoms with Gasteiger partial charge in [0, 0.05) is 18.8 Å². The van der Waals surface area contributed by atoms with Crippen LogP contribution in [0.3, 0.4) is 0 Å². The Labute approximate surface area is 111 Å². The second kappa shape index (κ2) is 6.26. The molecule has 0 saturated heterocycles. The third kappa shape index (κ3) is 3.50. The minimum absolute atomic E-state index is 0.642. The minimum atomic E-state index is 0.642. The Morgan fingerprint density at radius 2 is 2.17 bits per heavy atom. The highest BCUT2D eigenvalue weighted by Gasteiger charge is 2.21. The third-order valence-electron chi connectivity index (χ3n) is 4.28. The van der Waals surface area contributed by atoms with Crippen LogP contribution in [0.4, 0.5) is 5.69 Å². The lowest BCUT2D eigenvalue weighted by molar-refractivity contribution is 0.341. The highest BCUT2D eigenvalue weighted by Crippen LogP contribution is 2.29. The van der Waals surface area contributed by atoms with Crippen LogP contribution in [0, 0.1) is 11.8 Å². The molecule has 1 aromatic heterocycles. The average Bonchev–Trinajstić information content (AvgIpc) is 2.66. The molecule has 3 heteroatoms. The van der Waals surface area contributed by atoms with Gasteiger partial charge in [-0.15, -0.1) is 0 Å². The van der Waals surface area contributed by atoms with Gasteiger partial charge in [-0.1, -0.05) is 26.7 Å². The SMILES string of the molecule is CCn1cc(NC2CCCC(C(C)C)CC2)cn1. The van der Waals surface area contributed by atoms with Crippen molar-refractivity contribution >= 4 is 5.69 Å². The highest BCUT2D eigenvalue weighted by atomic mass is 15.3. The van der Waals surface area contributed by atoms with Crippen molar-refractivity contribution in [3.63, 3.8) is 0 Å². The number of aromatic nitrogens is 2. The summed E-state index contributed by atoms with van der Waals surface area (Å²) in [5, 5.41) is 7.97. The summed E-state index contributed by atoms with van der Waals surface area (Å²) in [6.07, 6.45) is 10.8. The summed E-state index contributed by atoms with van der Waals surface area (Å²) in [5.74, 6) is 1.77. The quantitative estimate of drug-likeness (QED) is 0.820. The van der Waals surface area contributed by atoms with Crippen LogP contribution in [-0.2, 0) is 6.54 Å². The number of rotatable bonds is 4. The molecule has 0 bridgehead atoms. The molecule has 2 atom stereocenters. The minimum Gasteiger partial charge on any atom is -0.380 e. The van der Waals surface area contributed by atoms with Gasteiger partial charge in [0.25, 0.3) is 0 Å². The summed E-state index contributed by atoms with van der Waals surface area (Å²) < 4.78 is 1.98. The van der Waals surface area contributed by atoms with Crippen molar-refractivity contribution in [2.24, 2.45) is 11.8 Å². The highest BCUT2D eigenvalue weighted by molar-refractivity contribution is 5.39. The van der Waals surface area contributed by atoms with Crippen LogP contribution in [0.15, 0.2) is 12.4 Å². The molecule has 0 amide bonds. The lowest BCUT2D eigenvalue weighted by atomic mass is 9.89. The molecule has 3 nitrogen and oxygen atoms in total. The van der Waals surface area contributed by atoms with E-state index in [2.05, 4.69) is 37.4 Å². The Morgan fingerprint density at radius 1 is 1.33 bits per heavy atom. The van der Waals surface area contributed by atoms with Crippen LogP contribution in [-0.4, -0.2) is 15.8 Å². The first kappa shape index (κ1) is 13.4. The zero-order chi connectivity index (χ0) is 13.0. The first-order valence-corrected chi connectivity index (χ1v) is 7.48. The monoisotopic (exact) mass is 249 g/mol. The Hall–Kier alpha value is -0.990. The normalized spacial score (nSPS) is 25.1. The number of hydrogen-bond donors (Lipinski definition) is 1. The van der Waals surface area contributed by atoms with E-state index in [0.29, 0.717) is 6.04 Å². The molecule has 1 aliphatic rings. The van der Waals surface area contributed by atoms with E-state index in [1.54, 1.807) is 0 Å². The zero-order valence-electron chi connectivity index (χ0n) is 12.0. The Kier molecular flexibility index (Phi) is 4.67. The maximum absolute atomic E-state index is 4.32. The first-order chi connectivity index (χ1) is 8.69. The topological polar surface area (TPSA) is 29.9 Å². The van der Waals surface area contributed by atoms with Crippen LogP contribution < -0.4 is 5.32 Å². The molecule has 2 unspecified atom stereocenters. The summed E-state index contributed by atoms with van der Waals surface area (Å²) in [6.45, 7) is 7.80. The van der Waals surface area contributed by atoms with Gasteiger partial charge in [0.1, 0.15) is 0 Å². The molecule has 0 radical (unpaired) electrons. The van der Waals surface area contributed by atoms with E-state index in [0.717, 1.165) is 18.4 Å². The molecule has 0 aromatic carbocycles. The van der Waals surface area contributed by atoms with Gasteiger partial charge in [-0.25, -0.2) is 0 Å². The van der Waals surface area contributed by atoms with Crippen molar-refractivity contribution in [2.75, 3.05) is 5.32 Å². The van der Waals surface area contributed by atoms with E-state index in [9.17, 15) is 0 Å². The van der Waals surface area contributed by atoms with Gasteiger partial charge in [-0.05, 0) is 38.0 Å². The molecule has 18 heavy (non-hydrogen) atoms. The number of anilines is 1. The van der Waals surface area contributed by atoms with Gasteiger partial charge in [0.2, 0.25) is 0 Å². The molecule has 2 rings (SSSR count). The van der Waals surface area contributed by atoms with Crippen LogP contribution >= 0.6 is 0 Å². The molecule has 1 saturated carbocycles. The second-order valence-corrected chi connectivity index (χ2v) is 5.94. The molecule has 0 aliphatic heterocycles. The van der Waals surface area contributed by atoms with E-state index in [1.165, 1.54) is 37.8 Å². The Morgan fingerprint density at radius 3 is 2.83 bits per heavy atom. The Bertz CT molecular complexity index is 356. The summed E-state index contributed by atoms with van der Waals surface area (Å²) in [4.78, 5) is 0. The van der Waals surface area contributed by atoms with Crippen LogP contribution in [0.25, 0.3) is 0 Å². The molecular formula is C15H27N3. The zero-order valence-corrected chi connectivity index (χ0v) is 12.0. The molecule has 1 fully saturated rings. The maximum Gasteiger partial charge on any atom is 0.0728 e. The largest absolute Gasteiger partial charge is 0.380 e. The van der Waals surface area contributed by atoms with Gasteiger partial charge in [-0.2, -0.15) is 5.10 Å². The van der Waals surface area contributed by atoms with Gasteiger partial charge >= 0.3 is 0 Å². The number of hydrogen-bond acceptors (Lipinski definition) is 2. The third-order valence-corrected chi connectivity index (χ3v) is 4.28. The number of nitrogens with one attached hydrogen (secondary N) is 1. The van der Waals surface area contributed by atoms with Crippen LogP contribution in [0.5, 0.6) is 0 Å².